The van der Waals surface area contributed by atoms with Crippen LogP contribution in [0, 0.1) is 11.3 Å². The first kappa shape index (κ1) is 50.6. The predicted molar refractivity (Wildman–Crippen MR) is 228 cm³/mol. The smallest absolute Gasteiger partial charge is 0.416 e. The van der Waals surface area contributed by atoms with Crippen LogP contribution in [0.5, 0.6) is 0 Å². The summed E-state index contributed by atoms with van der Waals surface area (Å²) in [7, 11) is 0. The lowest BCUT2D eigenvalue weighted by molar-refractivity contribution is -0.154. The van der Waals surface area contributed by atoms with E-state index in [2.05, 4.69) is 31.2 Å². The fraction of sp³-hybridized carbons (Fsp3) is 0.267. The summed E-state index contributed by atoms with van der Waals surface area (Å²) in [4.78, 5) is 53.4. The van der Waals surface area contributed by atoms with Crippen LogP contribution in [0.2, 0.25) is 10.0 Å². The molecule has 0 saturated heterocycles. The number of hydrogen-bond donors (Lipinski definition) is 6. The maximum absolute atomic E-state index is 12.3. The van der Waals surface area contributed by atoms with Crippen molar-refractivity contribution < 1.29 is 67.8 Å². The highest BCUT2D eigenvalue weighted by Crippen LogP contribution is 2.53. The normalized spacial score (nSPS) is 13.3. The van der Waals surface area contributed by atoms with Gasteiger partial charge < -0.3 is 30.6 Å². The van der Waals surface area contributed by atoms with Gasteiger partial charge in [-0.05, 0) is 82.1 Å². The molecule has 1 aliphatic carbocycles. The number of aliphatic hydroxyl groups excluding tert-OH is 1. The fourth-order valence-electron chi connectivity index (χ4n) is 6.57. The van der Waals surface area contributed by atoms with E-state index in [9.17, 15) is 42.3 Å². The van der Waals surface area contributed by atoms with Crippen molar-refractivity contribution in [2.45, 2.75) is 64.1 Å². The van der Waals surface area contributed by atoms with Crippen molar-refractivity contribution in [1.29, 1.82) is 0 Å². The molecule has 2 atom stereocenters. The third kappa shape index (κ3) is 12.4. The number of alkyl halides is 3. The largest absolute Gasteiger partial charge is 0.481 e. The van der Waals surface area contributed by atoms with Gasteiger partial charge in [0.1, 0.15) is 0 Å². The summed E-state index contributed by atoms with van der Waals surface area (Å²) >= 11 is 12.4. The summed E-state index contributed by atoms with van der Waals surface area (Å²) in [5.74, 6) is -7.01. The molecule has 2 unspecified atom stereocenters. The number of aliphatic carboxylic acids is 5. The zero-order valence-corrected chi connectivity index (χ0v) is 35.9. The minimum atomic E-state index is -4.56. The standard InChI is InChI=1S/C18H18O2.C11H14O3.C9H5Cl2F3O2.C7H6O4S/c1-12(11-17(19)20)18(2)15-9-5-3-7-13(15)14-8-4-6-10-16(14)18;1-11(2,10(13)14)9(12)8-6-4-3-5-7-8;10-6-1-4(9(12,13)14)2-7(11)5(6)3-8(15)16;8-6(9)5(7(10)11)4-1-2-12-3-4/h3-10,12H,11H2,1-2H3,(H,19,20);3-7,9,12H,1-2H3,(H,13,14);1-2H,3H2,(H,15,16);1-3,5H,(H,8,9)(H,10,11). The Hall–Kier alpha value is -5.74. The molecule has 0 amide bonds. The molecule has 0 spiro atoms. The first-order valence-electron chi connectivity index (χ1n) is 18.5. The summed E-state index contributed by atoms with van der Waals surface area (Å²) in [6, 6.07) is 28.3. The van der Waals surface area contributed by atoms with E-state index in [0.717, 1.165) is 0 Å². The Labute approximate surface area is 368 Å². The number of thiophene rings is 1. The fourth-order valence-corrected chi connectivity index (χ4v) is 7.88. The molecular weight excluding hydrogens is 876 g/mol. The van der Waals surface area contributed by atoms with Gasteiger partial charge >= 0.3 is 36.0 Å². The monoisotopic (exact) mass is 918 g/mol. The van der Waals surface area contributed by atoms with E-state index >= 15 is 0 Å². The van der Waals surface area contributed by atoms with Crippen LogP contribution in [0.4, 0.5) is 13.2 Å². The lowest BCUT2D eigenvalue weighted by Gasteiger charge is -2.33. The second-order valence-electron chi connectivity index (χ2n) is 14.8. The van der Waals surface area contributed by atoms with Crippen LogP contribution in [0.3, 0.4) is 0 Å². The third-order valence-electron chi connectivity index (χ3n) is 10.2. The Balaban J connectivity index is 0.000000225. The van der Waals surface area contributed by atoms with E-state index in [1.54, 1.807) is 29.6 Å². The first-order valence-corrected chi connectivity index (χ1v) is 20.2. The molecule has 4 aromatic carbocycles. The molecule has 6 N–H and O–H groups in total. The van der Waals surface area contributed by atoms with Crippen molar-refractivity contribution in [2.75, 3.05) is 0 Å². The second kappa shape index (κ2) is 21.4. The number of fused-ring (bicyclic) bond motifs is 3. The molecule has 5 aromatic rings. The van der Waals surface area contributed by atoms with Crippen molar-refractivity contribution in [3.63, 3.8) is 0 Å². The van der Waals surface area contributed by atoms with E-state index < -0.39 is 65.4 Å². The van der Waals surface area contributed by atoms with Gasteiger partial charge in [0.05, 0.1) is 23.5 Å². The van der Waals surface area contributed by atoms with Crippen LogP contribution in [0.25, 0.3) is 11.1 Å². The number of carboxylic acids is 5. The van der Waals surface area contributed by atoms with Crippen molar-refractivity contribution in [1.82, 2.24) is 0 Å². The van der Waals surface area contributed by atoms with Gasteiger partial charge in [0.2, 0.25) is 0 Å². The first-order chi connectivity index (χ1) is 28.8. The van der Waals surface area contributed by atoms with Crippen molar-refractivity contribution in [3.05, 3.63) is 151 Å². The van der Waals surface area contributed by atoms with E-state index in [0.29, 0.717) is 23.3 Å². The number of carboxylic acid groups (broad SMARTS) is 5. The zero-order valence-electron chi connectivity index (χ0n) is 33.6. The maximum Gasteiger partial charge on any atom is 0.416 e. The molecule has 62 heavy (non-hydrogen) atoms. The maximum atomic E-state index is 12.3. The molecule has 0 bridgehead atoms. The number of rotatable bonds is 11. The van der Waals surface area contributed by atoms with Gasteiger partial charge in [-0.15, -0.1) is 0 Å². The summed E-state index contributed by atoms with van der Waals surface area (Å²) in [6.45, 7) is 7.22. The van der Waals surface area contributed by atoms with Gasteiger partial charge in [0.25, 0.3) is 0 Å². The Morgan fingerprint density at radius 3 is 1.56 bits per heavy atom. The molecule has 6 rings (SSSR count). The van der Waals surface area contributed by atoms with Crippen LogP contribution in [-0.2, 0) is 42.0 Å². The molecular formula is C45H43Cl2F3O11S. The highest BCUT2D eigenvalue weighted by molar-refractivity contribution is 7.08. The molecule has 0 fully saturated rings. The molecule has 330 valence electrons. The number of benzene rings is 4. The lowest BCUT2D eigenvalue weighted by atomic mass is 9.69. The van der Waals surface area contributed by atoms with Gasteiger partial charge in [0, 0.05) is 27.4 Å². The Bertz CT molecular complexity index is 2290. The van der Waals surface area contributed by atoms with Crippen LogP contribution in [0.1, 0.15) is 79.5 Å². The summed E-state index contributed by atoms with van der Waals surface area (Å²) in [6.07, 6.45) is -5.88. The van der Waals surface area contributed by atoms with Crippen LogP contribution in [0.15, 0.2) is 108 Å². The van der Waals surface area contributed by atoms with E-state index in [1.165, 1.54) is 58.9 Å². The third-order valence-corrected chi connectivity index (χ3v) is 11.6. The van der Waals surface area contributed by atoms with Gasteiger partial charge in [-0.3, -0.25) is 24.0 Å². The highest BCUT2D eigenvalue weighted by Gasteiger charge is 2.43. The predicted octanol–water partition coefficient (Wildman–Crippen LogP) is 10.6. The molecule has 0 radical (unpaired) electrons. The Kier molecular flexibility index (Phi) is 17.4. The van der Waals surface area contributed by atoms with Gasteiger partial charge in [0.15, 0.2) is 5.92 Å². The van der Waals surface area contributed by atoms with Gasteiger partial charge in [-0.2, -0.15) is 24.5 Å². The molecule has 1 aromatic heterocycles. The van der Waals surface area contributed by atoms with Crippen LogP contribution >= 0.6 is 34.5 Å². The molecule has 1 aliphatic rings. The van der Waals surface area contributed by atoms with E-state index in [-0.39, 0.29) is 33.4 Å². The molecule has 11 nitrogen and oxygen atoms in total. The SMILES string of the molecule is CC(C)(C(=O)O)C(O)c1ccccc1.CC(CC(=O)O)C1(C)c2ccccc2-c2ccccc21.O=C(O)C(C(=O)O)c1ccsc1.O=C(O)Cc1c(Cl)cc(C(F)(F)F)cc1Cl. The van der Waals surface area contributed by atoms with Crippen molar-refractivity contribution >= 4 is 64.4 Å². The van der Waals surface area contributed by atoms with Crippen LogP contribution in [-0.4, -0.2) is 60.5 Å². The van der Waals surface area contributed by atoms with Gasteiger partial charge in [-0.1, -0.05) is 116 Å². The second-order valence-corrected chi connectivity index (χ2v) is 16.4. The average molecular weight is 920 g/mol. The van der Waals surface area contributed by atoms with E-state index in [4.69, 9.17) is 48.7 Å². The number of hydrogen-bond acceptors (Lipinski definition) is 7. The minimum absolute atomic E-state index is 0.0242. The quantitative estimate of drug-likeness (QED) is 0.0687. The Morgan fingerprint density at radius 2 is 1.18 bits per heavy atom. The van der Waals surface area contributed by atoms with Gasteiger partial charge in [-0.25, -0.2) is 0 Å². The topological polar surface area (TPSA) is 207 Å². The summed E-state index contributed by atoms with van der Waals surface area (Å²) in [5.41, 5.74) is 3.49. The van der Waals surface area contributed by atoms with Crippen molar-refractivity contribution in [3.8, 4) is 11.1 Å². The van der Waals surface area contributed by atoms with E-state index in [1.807, 2.05) is 37.3 Å². The molecule has 1 heterocycles. The highest BCUT2D eigenvalue weighted by atomic mass is 35.5. The number of halogens is 5. The summed E-state index contributed by atoms with van der Waals surface area (Å²) in [5, 5.41) is 56.1. The number of aliphatic hydroxyl groups is 1. The average Bonchev–Trinajstić information content (AvgIpc) is 3.81. The van der Waals surface area contributed by atoms with Crippen LogP contribution < -0.4 is 0 Å². The minimum Gasteiger partial charge on any atom is -0.481 e. The molecule has 17 heteroatoms. The zero-order chi connectivity index (χ0) is 46.7. The molecule has 0 saturated carbocycles. The molecule has 0 aliphatic heterocycles. The van der Waals surface area contributed by atoms with Crippen molar-refractivity contribution in [2.24, 2.45) is 11.3 Å². The lowest BCUT2D eigenvalue weighted by Crippen LogP contribution is -2.31. The summed E-state index contributed by atoms with van der Waals surface area (Å²) < 4.78 is 36.9. The Morgan fingerprint density at radius 1 is 0.710 bits per heavy atom. The number of carbonyl (C=O) groups is 5.